The van der Waals surface area contributed by atoms with E-state index in [1.165, 1.54) is 54.3 Å². The number of carbonyl (C=O) groups is 2. The van der Waals surface area contributed by atoms with Gasteiger partial charge in [-0.1, -0.05) is 36.4 Å². The summed E-state index contributed by atoms with van der Waals surface area (Å²) >= 11 is 0. The van der Waals surface area contributed by atoms with Gasteiger partial charge in [-0.05, 0) is 51.1 Å². The Morgan fingerprint density at radius 1 is 0.925 bits per heavy atom. The molecule has 0 bridgehead atoms. The maximum Gasteiger partial charge on any atom is 0.264 e. The number of fused-ring (bicyclic) bond motifs is 1. The topological polar surface area (TPSA) is 105 Å². The molecule has 0 saturated heterocycles. The van der Waals surface area contributed by atoms with E-state index in [1.54, 1.807) is 44.2 Å². The zero-order chi connectivity index (χ0) is 28.9. The van der Waals surface area contributed by atoms with Gasteiger partial charge in [-0.15, -0.1) is 0 Å². The Kier molecular flexibility index (Phi) is 8.93. The normalized spacial score (nSPS) is 13.4. The molecule has 40 heavy (non-hydrogen) atoms. The summed E-state index contributed by atoms with van der Waals surface area (Å²) in [6.45, 7) is 4.85. The summed E-state index contributed by atoms with van der Waals surface area (Å²) in [4.78, 5) is 28.0. The fraction of sp³-hybridized carbons (Fsp3) is 0.310. The van der Waals surface area contributed by atoms with E-state index in [0.717, 1.165) is 4.31 Å². The molecular formula is C29H32FN3O6S. The third-order valence-electron chi connectivity index (χ3n) is 6.32. The second kappa shape index (κ2) is 12.4. The molecule has 1 aliphatic rings. The molecule has 11 heteroatoms. The minimum Gasteiger partial charge on any atom is -0.486 e. The van der Waals surface area contributed by atoms with Crippen molar-refractivity contribution >= 4 is 27.5 Å². The van der Waals surface area contributed by atoms with Crippen LogP contribution in [0.1, 0.15) is 26.3 Å². The van der Waals surface area contributed by atoms with Gasteiger partial charge in [-0.3, -0.25) is 13.9 Å². The Hall–Kier alpha value is -4.12. The molecule has 0 aliphatic carbocycles. The molecule has 1 atom stereocenters. The molecule has 0 radical (unpaired) electrons. The second-order valence-electron chi connectivity index (χ2n) is 9.61. The van der Waals surface area contributed by atoms with Crippen molar-refractivity contribution in [1.29, 1.82) is 0 Å². The maximum absolute atomic E-state index is 14.6. The molecule has 0 unspecified atom stereocenters. The first-order valence-corrected chi connectivity index (χ1v) is 14.3. The largest absolute Gasteiger partial charge is 0.486 e. The second-order valence-corrected chi connectivity index (χ2v) is 11.5. The van der Waals surface area contributed by atoms with Crippen molar-refractivity contribution in [3.63, 3.8) is 0 Å². The summed E-state index contributed by atoms with van der Waals surface area (Å²) in [6, 6.07) is 17.0. The summed E-state index contributed by atoms with van der Waals surface area (Å²) in [5.41, 5.74) is 0.364. The van der Waals surface area contributed by atoms with Crippen molar-refractivity contribution in [3.8, 4) is 11.5 Å². The van der Waals surface area contributed by atoms with Crippen molar-refractivity contribution in [1.82, 2.24) is 10.2 Å². The van der Waals surface area contributed by atoms with E-state index in [0.29, 0.717) is 24.7 Å². The molecule has 1 N–H and O–H groups in total. The van der Waals surface area contributed by atoms with Crippen LogP contribution in [0.4, 0.5) is 10.1 Å². The van der Waals surface area contributed by atoms with E-state index in [1.807, 2.05) is 0 Å². The SMILES string of the molecule is CC(C)NC(=O)[C@@H](C)N(Cc1ccccc1F)C(=O)CN(c1ccc2c(c1)OCCO2)S(=O)(=O)c1ccccc1. The standard InChI is InChI=1S/C29H32FN3O6S/c1-20(2)31-29(35)21(3)32(18-22-9-7-8-12-25(22)30)28(34)19-33(40(36,37)24-10-5-4-6-11-24)23-13-14-26-27(17-23)39-16-15-38-26/h4-14,17,20-21H,15-16,18-19H2,1-3H3,(H,31,35)/t21-/m1/s1. The van der Waals surface area contributed by atoms with Gasteiger partial charge in [0.15, 0.2) is 11.5 Å². The zero-order valence-electron chi connectivity index (χ0n) is 22.5. The van der Waals surface area contributed by atoms with Gasteiger partial charge in [0.1, 0.15) is 31.6 Å². The number of nitrogens with zero attached hydrogens (tertiary/aromatic N) is 2. The smallest absolute Gasteiger partial charge is 0.264 e. The average Bonchev–Trinajstić information content (AvgIpc) is 2.94. The van der Waals surface area contributed by atoms with Crippen molar-refractivity contribution in [2.45, 2.75) is 44.3 Å². The molecule has 4 rings (SSSR count). The first-order valence-electron chi connectivity index (χ1n) is 12.9. The van der Waals surface area contributed by atoms with Gasteiger partial charge >= 0.3 is 0 Å². The molecule has 0 saturated carbocycles. The summed E-state index contributed by atoms with van der Waals surface area (Å²) in [7, 11) is -4.24. The molecule has 212 valence electrons. The number of benzene rings is 3. The molecule has 3 aromatic carbocycles. The Labute approximate surface area is 233 Å². The Morgan fingerprint density at radius 2 is 1.57 bits per heavy atom. The number of halogens is 1. The molecule has 1 aliphatic heterocycles. The first kappa shape index (κ1) is 28.9. The van der Waals surface area contributed by atoms with Gasteiger partial charge in [-0.25, -0.2) is 12.8 Å². The summed E-state index contributed by atoms with van der Waals surface area (Å²) in [5, 5.41) is 2.76. The summed E-state index contributed by atoms with van der Waals surface area (Å²) in [5.74, 6) is -0.881. The minimum atomic E-state index is -4.24. The predicted octanol–water partition coefficient (Wildman–Crippen LogP) is 3.73. The molecular weight excluding hydrogens is 537 g/mol. The Morgan fingerprint density at radius 3 is 2.25 bits per heavy atom. The molecule has 0 fully saturated rings. The molecule has 9 nitrogen and oxygen atoms in total. The van der Waals surface area contributed by atoms with Gasteiger partial charge in [0.05, 0.1) is 10.6 Å². The quantitative estimate of drug-likeness (QED) is 0.399. The molecule has 2 amide bonds. The van der Waals surface area contributed by atoms with Gasteiger partial charge in [0, 0.05) is 24.2 Å². The number of hydrogen-bond acceptors (Lipinski definition) is 6. The monoisotopic (exact) mass is 569 g/mol. The highest BCUT2D eigenvalue weighted by atomic mass is 32.2. The van der Waals surface area contributed by atoms with E-state index >= 15 is 0 Å². The highest BCUT2D eigenvalue weighted by molar-refractivity contribution is 7.92. The van der Waals surface area contributed by atoms with E-state index in [-0.39, 0.29) is 28.7 Å². The molecule has 0 aromatic heterocycles. The van der Waals surface area contributed by atoms with Gasteiger partial charge in [-0.2, -0.15) is 0 Å². The number of sulfonamides is 1. The summed E-state index contributed by atoms with van der Waals surface area (Å²) in [6.07, 6.45) is 0. The fourth-order valence-corrected chi connectivity index (χ4v) is 5.66. The van der Waals surface area contributed by atoms with Gasteiger partial charge < -0.3 is 19.7 Å². The van der Waals surface area contributed by atoms with Crippen LogP contribution in [0.15, 0.2) is 77.7 Å². The number of rotatable bonds is 10. The van der Waals surface area contributed by atoms with Crippen LogP contribution in [0, 0.1) is 5.82 Å². The van der Waals surface area contributed by atoms with Crippen molar-refractivity contribution in [2.75, 3.05) is 24.1 Å². The van der Waals surface area contributed by atoms with Crippen LogP contribution in [-0.2, 0) is 26.2 Å². The van der Waals surface area contributed by atoms with Gasteiger partial charge in [0.25, 0.3) is 10.0 Å². The lowest BCUT2D eigenvalue weighted by molar-refractivity contribution is -0.139. The fourth-order valence-electron chi connectivity index (χ4n) is 4.23. The van der Waals surface area contributed by atoms with Crippen LogP contribution in [0.3, 0.4) is 0 Å². The number of anilines is 1. The lowest BCUT2D eigenvalue weighted by atomic mass is 10.1. The summed E-state index contributed by atoms with van der Waals surface area (Å²) < 4.78 is 54.5. The van der Waals surface area contributed by atoms with E-state index < -0.39 is 40.2 Å². The van der Waals surface area contributed by atoms with Gasteiger partial charge in [0.2, 0.25) is 11.8 Å². The first-order chi connectivity index (χ1) is 19.1. The number of hydrogen-bond donors (Lipinski definition) is 1. The Balaban J connectivity index is 1.74. The van der Waals surface area contributed by atoms with Crippen LogP contribution in [0.25, 0.3) is 0 Å². The Bertz CT molecular complexity index is 1470. The van der Waals surface area contributed by atoms with Crippen LogP contribution >= 0.6 is 0 Å². The third kappa shape index (κ3) is 6.53. The lowest BCUT2D eigenvalue weighted by Crippen LogP contribution is -2.52. The van der Waals surface area contributed by atoms with Crippen LogP contribution in [0.2, 0.25) is 0 Å². The van der Waals surface area contributed by atoms with Crippen molar-refractivity contribution < 1.29 is 31.9 Å². The van der Waals surface area contributed by atoms with Crippen molar-refractivity contribution in [2.24, 2.45) is 0 Å². The minimum absolute atomic E-state index is 0.0241. The third-order valence-corrected chi connectivity index (χ3v) is 8.11. The highest BCUT2D eigenvalue weighted by Gasteiger charge is 2.33. The number of nitrogens with one attached hydrogen (secondary N) is 1. The molecule has 0 spiro atoms. The van der Waals surface area contributed by atoms with E-state index in [4.69, 9.17) is 9.47 Å². The number of amides is 2. The van der Waals surface area contributed by atoms with E-state index in [9.17, 15) is 22.4 Å². The maximum atomic E-state index is 14.6. The zero-order valence-corrected chi connectivity index (χ0v) is 23.4. The number of carbonyl (C=O) groups excluding carboxylic acids is 2. The highest BCUT2D eigenvalue weighted by Crippen LogP contribution is 2.36. The van der Waals surface area contributed by atoms with Crippen LogP contribution < -0.4 is 19.1 Å². The lowest BCUT2D eigenvalue weighted by Gasteiger charge is -2.32. The van der Waals surface area contributed by atoms with Crippen LogP contribution in [0.5, 0.6) is 11.5 Å². The van der Waals surface area contributed by atoms with Crippen LogP contribution in [-0.4, -0.2) is 57.0 Å². The molecule has 1 heterocycles. The van der Waals surface area contributed by atoms with Crippen molar-refractivity contribution in [3.05, 3.63) is 84.2 Å². The number of ether oxygens (including phenoxy) is 2. The average molecular weight is 570 g/mol. The predicted molar refractivity (Wildman–Crippen MR) is 148 cm³/mol. The van der Waals surface area contributed by atoms with E-state index in [2.05, 4.69) is 5.32 Å². The molecule has 3 aromatic rings.